The highest BCUT2D eigenvalue weighted by molar-refractivity contribution is 5.42. The van der Waals surface area contributed by atoms with Crippen LogP contribution in [0.15, 0.2) is 15.6 Å². The molecule has 4 nitrogen and oxygen atoms in total. The predicted octanol–water partition coefficient (Wildman–Crippen LogP) is 1.77. The van der Waals surface area contributed by atoms with Gasteiger partial charge in [0.05, 0.1) is 5.69 Å². The molecular formula is C7H8N2O2. The lowest BCUT2D eigenvalue weighted by molar-refractivity contribution is 0.417. The monoisotopic (exact) mass is 152 g/mol. The Hall–Kier alpha value is -1.41. The smallest absolute Gasteiger partial charge is 0.261 e. The van der Waals surface area contributed by atoms with E-state index in [2.05, 4.69) is 14.7 Å². The van der Waals surface area contributed by atoms with Gasteiger partial charge in [0, 0.05) is 6.07 Å². The van der Waals surface area contributed by atoms with Crippen molar-refractivity contribution in [2.24, 2.45) is 4.99 Å². The SMILES string of the molecule is CC(C)c1cc(N=C=O)on1. The standard InChI is InChI=1S/C7H8N2O2/c1-5(2)6-3-7(8-4-10)11-9-6/h3,5H,1-2H3. The molecule has 0 bridgehead atoms. The Labute approximate surface area is 63.9 Å². The van der Waals surface area contributed by atoms with E-state index in [1.165, 1.54) is 6.08 Å². The number of aliphatic imine (C=N–C) groups is 1. The molecule has 0 unspecified atom stereocenters. The minimum Gasteiger partial charge on any atom is -0.335 e. The zero-order chi connectivity index (χ0) is 8.27. The van der Waals surface area contributed by atoms with Crippen molar-refractivity contribution in [2.45, 2.75) is 19.8 Å². The number of carbonyl (C=O) groups excluding carboxylic acids is 1. The van der Waals surface area contributed by atoms with Gasteiger partial charge in [-0.2, -0.15) is 0 Å². The van der Waals surface area contributed by atoms with E-state index in [0.29, 0.717) is 0 Å². The first-order valence-electron chi connectivity index (χ1n) is 3.28. The molecule has 1 aromatic rings. The molecule has 0 fully saturated rings. The number of hydrogen-bond donors (Lipinski definition) is 0. The molecule has 1 heterocycles. The van der Waals surface area contributed by atoms with Crippen LogP contribution in [0.5, 0.6) is 0 Å². The first-order valence-corrected chi connectivity index (χ1v) is 3.28. The average molecular weight is 152 g/mol. The molecule has 58 valence electrons. The minimum atomic E-state index is 0.212. The quantitative estimate of drug-likeness (QED) is 0.479. The molecule has 11 heavy (non-hydrogen) atoms. The summed E-state index contributed by atoms with van der Waals surface area (Å²) in [6.45, 7) is 3.96. The highest BCUT2D eigenvalue weighted by atomic mass is 16.5. The van der Waals surface area contributed by atoms with Crippen molar-refractivity contribution in [2.75, 3.05) is 0 Å². The molecule has 0 aliphatic carbocycles. The van der Waals surface area contributed by atoms with Crippen LogP contribution < -0.4 is 0 Å². The maximum atomic E-state index is 9.77. The van der Waals surface area contributed by atoms with E-state index < -0.39 is 0 Å². The summed E-state index contributed by atoms with van der Waals surface area (Å²) < 4.78 is 4.69. The molecular weight excluding hydrogens is 144 g/mol. The second-order valence-electron chi connectivity index (χ2n) is 2.45. The van der Waals surface area contributed by atoms with Gasteiger partial charge in [-0.3, -0.25) is 0 Å². The van der Waals surface area contributed by atoms with E-state index in [1.807, 2.05) is 13.8 Å². The molecule has 1 rings (SSSR count). The molecule has 0 atom stereocenters. The van der Waals surface area contributed by atoms with E-state index in [-0.39, 0.29) is 11.8 Å². The zero-order valence-electron chi connectivity index (χ0n) is 6.37. The number of isocyanates is 1. The second kappa shape index (κ2) is 3.12. The Kier molecular flexibility index (Phi) is 2.18. The fourth-order valence-electron chi connectivity index (χ4n) is 0.648. The van der Waals surface area contributed by atoms with Crippen LogP contribution in [0, 0.1) is 0 Å². The maximum Gasteiger partial charge on any atom is 0.261 e. The minimum absolute atomic E-state index is 0.212. The van der Waals surface area contributed by atoms with Crippen LogP contribution >= 0.6 is 0 Å². The average Bonchev–Trinajstić information content (AvgIpc) is 2.37. The lowest BCUT2D eigenvalue weighted by Crippen LogP contribution is -1.83. The summed E-state index contributed by atoms with van der Waals surface area (Å²) in [5.74, 6) is 0.498. The molecule has 1 aromatic heterocycles. The van der Waals surface area contributed by atoms with Gasteiger partial charge in [-0.25, -0.2) is 4.79 Å². The van der Waals surface area contributed by atoms with E-state index >= 15 is 0 Å². The van der Waals surface area contributed by atoms with Crippen molar-refractivity contribution in [1.29, 1.82) is 0 Å². The van der Waals surface area contributed by atoms with E-state index in [1.54, 1.807) is 6.07 Å². The van der Waals surface area contributed by atoms with Crippen molar-refractivity contribution >= 4 is 12.0 Å². The van der Waals surface area contributed by atoms with Crippen molar-refractivity contribution in [3.63, 3.8) is 0 Å². The van der Waals surface area contributed by atoms with Gasteiger partial charge in [0.1, 0.15) is 0 Å². The van der Waals surface area contributed by atoms with Crippen LogP contribution in [0.25, 0.3) is 0 Å². The lowest BCUT2D eigenvalue weighted by Gasteiger charge is -1.92. The first kappa shape index (κ1) is 7.69. The molecule has 0 aliphatic rings. The number of aromatic nitrogens is 1. The number of nitrogens with zero attached hydrogens (tertiary/aromatic N) is 2. The Bertz CT molecular complexity index is 284. The summed E-state index contributed by atoms with van der Waals surface area (Å²) in [7, 11) is 0. The molecule has 0 radical (unpaired) electrons. The van der Waals surface area contributed by atoms with Crippen LogP contribution in [0.2, 0.25) is 0 Å². The van der Waals surface area contributed by atoms with Crippen LogP contribution in [0.1, 0.15) is 25.5 Å². The topological polar surface area (TPSA) is 55.5 Å². The summed E-state index contributed by atoms with van der Waals surface area (Å²) in [6.07, 6.45) is 1.38. The van der Waals surface area contributed by atoms with Crippen molar-refractivity contribution < 1.29 is 9.32 Å². The van der Waals surface area contributed by atoms with Crippen molar-refractivity contribution in [3.05, 3.63) is 11.8 Å². The molecule has 0 aromatic carbocycles. The Balaban J connectivity index is 2.90. The largest absolute Gasteiger partial charge is 0.335 e. The number of hydrogen-bond acceptors (Lipinski definition) is 4. The molecule has 0 saturated heterocycles. The van der Waals surface area contributed by atoms with Crippen LogP contribution in [-0.2, 0) is 4.79 Å². The van der Waals surface area contributed by atoms with Crippen molar-refractivity contribution in [1.82, 2.24) is 5.16 Å². The summed E-state index contributed by atoms with van der Waals surface area (Å²) in [4.78, 5) is 13.0. The Morgan fingerprint density at radius 3 is 2.91 bits per heavy atom. The second-order valence-corrected chi connectivity index (χ2v) is 2.45. The summed E-state index contributed by atoms with van der Waals surface area (Å²) in [6, 6.07) is 1.62. The molecule has 4 heteroatoms. The highest BCUT2D eigenvalue weighted by Gasteiger charge is 2.05. The summed E-state index contributed by atoms with van der Waals surface area (Å²) in [5, 5.41) is 3.69. The predicted molar refractivity (Wildman–Crippen MR) is 38.4 cm³/mol. The molecule has 0 amide bonds. The fourth-order valence-corrected chi connectivity index (χ4v) is 0.648. The normalized spacial score (nSPS) is 9.73. The van der Waals surface area contributed by atoms with E-state index in [4.69, 9.17) is 0 Å². The zero-order valence-corrected chi connectivity index (χ0v) is 6.37. The van der Waals surface area contributed by atoms with Crippen LogP contribution in [0.4, 0.5) is 5.88 Å². The molecule has 0 spiro atoms. The molecule has 0 saturated carbocycles. The van der Waals surface area contributed by atoms with Gasteiger partial charge >= 0.3 is 0 Å². The van der Waals surface area contributed by atoms with Gasteiger partial charge in [-0.15, -0.1) is 4.99 Å². The Morgan fingerprint density at radius 1 is 1.73 bits per heavy atom. The third-order valence-electron chi connectivity index (χ3n) is 1.26. The van der Waals surface area contributed by atoms with Gasteiger partial charge in [0.2, 0.25) is 6.08 Å². The van der Waals surface area contributed by atoms with Gasteiger partial charge in [-0.1, -0.05) is 19.0 Å². The van der Waals surface area contributed by atoms with Crippen LogP contribution in [0.3, 0.4) is 0 Å². The third kappa shape index (κ3) is 1.75. The van der Waals surface area contributed by atoms with E-state index in [9.17, 15) is 4.79 Å². The van der Waals surface area contributed by atoms with Gasteiger partial charge in [0.25, 0.3) is 5.88 Å². The number of rotatable bonds is 2. The maximum absolute atomic E-state index is 9.77. The Morgan fingerprint density at radius 2 is 2.45 bits per heavy atom. The van der Waals surface area contributed by atoms with Gasteiger partial charge in [0.15, 0.2) is 0 Å². The van der Waals surface area contributed by atoms with Gasteiger partial charge in [-0.05, 0) is 5.92 Å². The highest BCUT2D eigenvalue weighted by Crippen LogP contribution is 2.18. The van der Waals surface area contributed by atoms with Crippen LogP contribution in [-0.4, -0.2) is 11.2 Å². The molecule has 0 aliphatic heterocycles. The fraction of sp³-hybridized carbons (Fsp3) is 0.429. The summed E-state index contributed by atoms with van der Waals surface area (Å²) in [5.41, 5.74) is 0.791. The molecule has 0 N–H and O–H groups in total. The van der Waals surface area contributed by atoms with E-state index in [0.717, 1.165) is 5.69 Å². The lowest BCUT2D eigenvalue weighted by atomic mass is 10.1. The summed E-state index contributed by atoms with van der Waals surface area (Å²) >= 11 is 0. The van der Waals surface area contributed by atoms with Gasteiger partial charge < -0.3 is 4.52 Å². The van der Waals surface area contributed by atoms with Crippen molar-refractivity contribution in [3.8, 4) is 0 Å². The third-order valence-corrected chi connectivity index (χ3v) is 1.26. The first-order chi connectivity index (χ1) is 5.24.